The number of para-hydroxylation sites is 1. The van der Waals surface area contributed by atoms with E-state index in [-0.39, 0.29) is 5.91 Å². The van der Waals surface area contributed by atoms with Gasteiger partial charge in [-0.3, -0.25) is 9.48 Å². The number of aromatic nitrogens is 4. The Morgan fingerprint density at radius 3 is 2.46 bits per heavy atom. The third kappa shape index (κ3) is 2.95. The molecule has 6 heteroatoms. The number of amides is 1. The Bertz CT molecular complexity index is 857. The van der Waals surface area contributed by atoms with Gasteiger partial charge in [0, 0.05) is 12.7 Å². The molecule has 1 aromatic carbocycles. The van der Waals surface area contributed by atoms with Crippen LogP contribution in [0.3, 0.4) is 0 Å². The summed E-state index contributed by atoms with van der Waals surface area (Å²) in [4.78, 5) is 12.6. The van der Waals surface area contributed by atoms with Crippen LogP contribution in [0.2, 0.25) is 0 Å². The van der Waals surface area contributed by atoms with Crippen molar-refractivity contribution in [2.45, 2.75) is 27.3 Å². The molecular weight excluding hydrogens is 302 g/mol. The molecule has 0 radical (unpaired) electrons. The van der Waals surface area contributed by atoms with Crippen molar-refractivity contribution in [3.63, 3.8) is 0 Å². The molecule has 2 heterocycles. The Morgan fingerprint density at radius 2 is 1.83 bits per heavy atom. The second-order valence-electron chi connectivity index (χ2n) is 5.88. The summed E-state index contributed by atoms with van der Waals surface area (Å²) in [7, 11) is 1.89. The molecule has 3 rings (SSSR count). The Hall–Kier alpha value is -2.89. The summed E-state index contributed by atoms with van der Waals surface area (Å²) in [6.07, 6.45) is 0. The highest BCUT2D eigenvalue weighted by Crippen LogP contribution is 2.17. The molecule has 0 saturated heterocycles. The summed E-state index contributed by atoms with van der Waals surface area (Å²) in [5, 5.41) is 11.8. The maximum atomic E-state index is 12.6. The third-order valence-electron chi connectivity index (χ3n) is 4.11. The first-order chi connectivity index (χ1) is 11.5. The van der Waals surface area contributed by atoms with E-state index in [4.69, 9.17) is 0 Å². The largest absolute Gasteiger partial charge is 0.346 e. The second-order valence-corrected chi connectivity index (χ2v) is 5.88. The fourth-order valence-corrected chi connectivity index (χ4v) is 2.77. The van der Waals surface area contributed by atoms with Gasteiger partial charge in [-0.05, 0) is 39.0 Å². The molecule has 0 aliphatic rings. The molecular formula is C18H21N5O. The molecule has 24 heavy (non-hydrogen) atoms. The highest BCUT2D eigenvalue weighted by atomic mass is 16.1. The Balaban J connectivity index is 1.81. The van der Waals surface area contributed by atoms with Gasteiger partial charge in [0.15, 0.2) is 0 Å². The molecule has 0 aliphatic carbocycles. The van der Waals surface area contributed by atoms with Gasteiger partial charge in [-0.2, -0.15) is 10.2 Å². The molecule has 0 unspecified atom stereocenters. The van der Waals surface area contributed by atoms with E-state index in [2.05, 4.69) is 15.5 Å². The van der Waals surface area contributed by atoms with Crippen LogP contribution in [0.4, 0.5) is 0 Å². The monoisotopic (exact) mass is 323 g/mol. The van der Waals surface area contributed by atoms with Crippen LogP contribution in [-0.2, 0) is 13.6 Å². The Morgan fingerprint density at radius 1 is 1.12 bits per heavy atom. The molecule has 2 aromatic heterocycles. The standard InChI is InChI=1S/C18H21N5O/c1-12-10-15(21-22(12)4)11-19-18(24)17-13(2)20-23(14(17)3)16-8-6-5-7-9-16/h5-10H,11H2,1-4H3,(H,19,24). The first-order valence-corrected chi connectivity index (χ1v) is 7.86. The van der Waals surface area contributed by atoms with Crippen LogP contribution in [0.25, 0.3) is 5.69 Å². The maximum Gasteiger partial charge on any atom is 0.255 e. The number of rotatable bonds is 4. The first kappa shape index (κ1) is 16.0. The van der Waals surface area contributed by atoms with Crippen molar-refractivity contribution >= 4 is 5.91 Å². The van der Waals surface area contributed by atoms with E-state index >= 15 is 0 Å². The minimum atomic E-state index is -0.129. The molecule has 0 atom stereocenters. The average molecular weight is 323 g/mol. The van der Waals surface area contributed by atoms with Crippen molar-refractivity contribution < 1.29 is 4.79 Å². The van der Waals surface area contributed by atoms with E-state index in [9.17, 15) is 4.79 Å². The number of carbonyl (C=O) groups is 1. The van der Waals surface area contributed by atoms with Crippen LogP contribution < -0.4 is 5.32 Å². The van der Waals surface area contributed by atoms with Crippen LogP contribution in [0.1, 0.15) is 33.1 Å². The summed E-state index contributed by atoms with van der Waals surface area (Å²) in [6, 6.07) is 11.8. The lowest BCUT2D eigenvalue weighted by Crippen LogP contribution is -2.24. The summed E-state index contributed by atoms with van der Waals surface area (Å²) in [6.45, 7) is 6.14. The molecule has 6 nitrogen and oxygen atoms in total. The number of nitrogens with zero attached hydrogens (tertiary/aromatic N) is 4. The summed E-state index contributed by atoms with van der Waals surface area (Å²) >= 11 is 0. The molecule has 0 bridgehead atoms. The van der Waals surface area contributed by atoms with Crippen LogP contribution in [0.5, 0.6) is 0 Å². The van der Waals surface area contributed by atoms with E-state index in [0.29, 0.717) is 17.8 Å². The van der Waals surface area contributed by atoms with Gasteiger partial charge < -0.3 is 5.32 Å². The van der Waals surface area contributed by atoms with Gasteiger partial charge >= 0.3 is 0 Å². The van der Waals surface area contributed by atoms with Crippen molar-refractivity contribution in [3.8, 4) is 5.69 Å². The van der Waals surface area contributed by atoms with Crippen LogP contribution >= 0.6 is 0 Å². The molecule has 0 fully saturated rings. The average Bonchev–Trinajstić information content (AvgIpc) is 3.05. The summed E-state index contributed by atoms with van der Waals surface area (Å²) in [5.41, 5.74) is 5.00. The van der Waals surface area contributed by atoms with Gasteiger partial charge in [-0.15, -0.1) is 0 Å². The molecule has 0 aliphatic heterocycles. The predicted molar refractivity (Wildman–Crippen MR) is 92.2 cm³/mol. The van der Waals surface area contributed by atoms with Gasteiger partial charge in [-0.1, -0.05) is 18.2 Å². The first-order valence-electron chi connectivity index (χ1n) is 7.86. The minimum absolute atomic E-state index is 0.129. The van der Waals surface area contributed by atoms with Crippen molar-refractivity contribution in [3.05, 3.63) is 64.7 Å². The zero-order chi connectivity index (χ0) is 17.3. The van der Waals surface area contributed by atoms with Crippen molar-refractivity contribution in [2.24, 2.45) is 7.05 Å². The maximum absolute atomic E-state index is 12.6. The summed E-state index contributed by atoms with van der Waals surface area (Å²) < 4.78 is 3.60. The van der Waals surface area contributed by atoms with E-state index in [1.807, 2.05) is 64.2 Å². The highest BCUT2D eigenvalue weighted by molar-refractivity contribution is 5.96. The van der Waals surface area contributed by atoms with E-state index < -0.39 is 0 Å². The smallest absolute Gasteiger partial charge is 0.255 e. The lowest BCUT2D eigenvalue weighted by Gasteiger charge is -2.06. The van der Waals surface area contributed by atoms with E-state index in [0.717, 1.165) is 22.8 Å². The zero-order valence-corrected chi connectivity index (χ0v) is 14.4. The third-order valence-corrected chi connectivity index (χ3v) is 4.11. The number of carbonyl (C=O) groups excluding carboxylic acids is 1. The van der Waals surface area contributed by atoms with Crippen LogP contribution in [0.15, 0.2) is 36.4 Å². The van der Waals surface area contributed by atoms with Crippen molar-refractivity contribution in [1.82, 2.24) is 24.9 Å². The molecule has 1 amide bonds. The second kappa shape index (κ2) is 6.31. The topological polar surface area (TPSA) is 64.7 Å². The minimum Gasteiger partial charge on any atom is -0.346 e. The lowest BCUT2D eigenvalue weighted by atomic mass is 10.2. The molecule has 3 aromatic rings. The molecule has 0 spiro atoms. The number of hydrogen-bond donors (Lipinski definition) is 1. The normalized spacial score (nSPS) is 10.8. The van der Waals surface area contributed by atoms with Gasteiger partial charge in [-0.25, -0.2) is 4.68 Å². The van der Waals surface area contributed by atoms with Crippen molar-refractivity contribution in [1.29, 1.82) is 0 Å². The Labute approximate surface area is 141 Å². The number of benzene rings is 1. The fourth-order valence-electron chi connectivity index (χ4n) is 2.77. The number of hydrogen-bond acceptors (Lipinski definition) is 3. The quantitative estimate of drug-likeness (QED) is 0.802. The SMILES string of the molecule is Cc1nn(-c2ccccc2)c(C)c1C(=O)NCc1cc(C)n(C)n1. The van der Waals surface area contributed by atoms with Crippen LogP contribution in [-0.4, -0.2) is 25.5 Å². The molecule has 0 saturated carbocycles. The van der Waals surface area contributed by atoms with E-state index in [1.165, 1.54) is 0 Å². The van der Waals surface area contributed by atoms with Gasteiger partial charge in [0.05, 0.1) is 34.9 Å². The van der Waals surface area contributed by atoms with E-state index in [1.54, 1.807) is 9.36 Å². The van der Waals surface area contributed by atoms with Crippen LogP contribution in [0, 0.1) is 20.8 Å². The predicted octanol–water partition coefficient (Wildman–Crippen LogP) is 2.46. The fraction of sp³-hybridized carbons (Fsp3) is 0.278. The van der Waals surface area contributed by atoms with Gasteiger partial charge in [0.2, 0.25) is 0 Å². The van der Waals surface area contributed by atoms with Gasteiger partial charge in [0.1, 0.15) is 0 Å². The molecule has 124 valence electrons. The summed E-state index contributed by atoms with van der Waals surface area (Å²) in [5.74, 6) is -0.129. The number of aryl methyl sites for hydroxylation is 3. The van der Waals surface area contributed by atoms with Gasteiger partial charge in [0.25, 0.3) is 5.91 Å². The Kier molecular flexibility index (Phi) is 4.20. The van der Waals surface area contributed by atoms with Crippen molar-refractivity contribution in [2.75, 3.05) is 0 Å². The highest BCUT2D eigenvalue weighted by Gasteiger charge is 2.19. The lowest BCUT2D eigenvalue weighted by molar-refractivity contribution is 0.0949. The zero-order valence-electron chi connectivity index (χ0n) is 14.4. The number of nitrogens with one attached hydrogen (secondary N) is 1. The molecule has 1 N–H and O–H groups in total.